The van der Waals surface area contributed by atoms with Crippen LogP contribution in [-0.2, 0) is 0 Å². The SMILES string of the molecule is CC(=O)c1c(C)[nH]c(C(=O)[C@@H](C)Oc2ccc(C#N)cc2Cl)c1C. The van der Waals surface area contributed by atoms with Crippen molar-refractivity contribution in [3.8, 4) is 11.8 Å². The van der Waals surface area contributed by atoms with Gasteiger partial charge >= 0.3 is 0 Å². The van der Waals surface area contributed by atoms with Gasteiger partial charge in [-0.1, -0.05) is 11.6 Å². The van der Waals surface area contributed by atoms with E-state index < -0.39 is 6.10 Å². The second-order valence-corrected chi connectivity index (χ2v) is 5.97. The molecule has 0 aliphatic heterocycles. The number of carbonyl (C=O) groups excluding carboxylic acids is 2. The summed E-state index contributed by atoms with van der Waals surface area (Å²) in [7, 11) is 0. The van der Waals surface area contributed by atoms with Crippen molar-refractivity contribution in [2.45, 2.75) is 33.8 Å². The number of aryl methyl sites for hydroxylation is 1. The fraction of sp³-hybridized carbons (Fsp3) is 0.278. The third-order valence-electron chi connectivity index (χ3n) is 3.77. The lowest BCUT2D eigenvalue weighted by atomic mass is 10.0. The van der Waals surface area contributed by atoms with Gasteiger partial charge in [0.1, 0.15) is 5.75 Å². The largest absolute Gasteiger partial charge is 0.481 e. The van der Waals surface area contributed by atoms with Gasteiger partial charge in [-0.25, -0.2) is 0 Å². The van der Waals surface area contributed by atoms with E-state index >= 15 is 0 Å². The highest BCUT2D eigenvalue weighted by molar-refractivity contribution is 6.32. The van der Waals surface area contributed by atoms with Gasteiger partial charge in [0, 0.05) is 11.3 Å². The molecule has 1 N–H and O–H groups in total. The molecular weight excluding hydrogens is 328 g/mol. The van der Waals surface area contributed by atoms with E-state index in [4.69, 9.17) is 21.6 Å². The molecule has 124 valence electrons. The number of aromatic amines is 1. The van der Waals surface area contributed by atoms with Crippen LogP contribution in [0.15, 0.2) is 18.2 Å². The molecular formula is C18H17ClN2O3. The Morgan fingerprint density at radius 2 is 2.00 bits per heavy atom. The summed E-state index contributed by atoms with van der Waals surface area (Å²) < 4.78 is 5.63. The molecule has 0 saturated carbocycles. The van der Waals surface area contributed by atoms with Crippen LogP contribution in [0.2, 0.25) is 5.02 Å². The van der Waals surface area contributed by atoms with Gasteiger partial charge in [0.2, 0.25) is 5.78 Å². The standard InChI is InChI=1S/C18H17ClN2O3/c1-9-16(11(3)22)10(2)21-17(9)18(23)12(4)24-15-6-5-13(8-20)7-14(15)19/h5-7,12,21H,1-4H3/t12-/m1/s1. The summed E-state index contributed by atoms with van der Waals surface area (Å²) in [5, 5.41) is 9.10. The summed E-state index contributed by atoms with van der Waals surface area (Å²) in [5.74, 6) is -0.0447. The zero-order valence-corrected chi connectivity index (χ0v) is 14.6. The van der Waals surface area contributed by atoms with Crippen LogP contribution >= 0.6 is 11.6 Å². The number of Topliss-reactive ketones (excluding diaryl/α,β-unsaturated/α-hetero) is 2. The van der Waals surface area contributed by atoms with Crippen molar-refractivity contribution in [3.63, 3.8) is 0 Å². The molecule has 1 aromatic heterocycles. The number of ketones is 2. The van der Waals surface area contributed by atoms with Crippen LogP contribution in [0.5, 0.6) is 5.75 Å². The molecule has 1 atom stereocenters. The fourth-order valence-corrected chi connectivity index (χ4v) is 2.86. The van der Waals surface area contributed by atoms with Crippen molar-refractivity contribution in [1.82, 2.24) is 4.98 Å². The Morgan fingerprint density at radius 1 is 1.33 bits per heavy atom. The Morgan fingerprint density at radius 3 is 2.50 bits per heavy atom. The molecule has 0 aliphatic rings. The maximum atomic E-state index is 12.6. The van der Waals surface area contributed by atoms with Crippen LogP contribution in [0.1, 0.15) is 51.5 Å². The summed E-state index contributed by atoms with van der Waals surface area (Å²) in [6.07, 6.45) is -0.799. The summed E-state index contributed by atoms with van der Waals surface area (Å²) in [6, 6.07) is 6.58. The topological polar surface area (TPSA) is 82.9 Å². The lowest BCUT2D eigenvalue weighted by molar-refractivity contribution is 0.0813. The molecule has 0 aliphatic carbocycles. The summed E-state index contributed by atoms with van der Waals surface area (Å²) in [6.45, 7) is 6.56. The number of ether oxygens (including phenoxy) is 1. The van der Waals surface area contributed by atoms with Gasteiger partial charge in [-0.2, -0.15) is 5.26 Å². The molecule has 2 aromatic rings. The number of hydrogen-bond donors (Lipinski definition) is 1. The first-order valence-electron chi connectivity index (χ1n) is 7.36. The smallest absolute Gasteiger partial charge is 0.219 e. The molecule has 0 radical (unpaired) electrons. The number of benzene rings is 1. The monoisotopic (exact) mass is 344 g/mol. The highest BCUT2D eigenvalue weighted by Gasteiger charge is 2.25. The molecule has 2 rings (SSSR count). The molecule has 0 bridgehead atoms. The number of carbonyl (C=O) groups is 2. The number of halogens is 1. The Bertz CT molecular complexity index is 862. The number of aromatic nitrogens is 1. The normalized spacial score (nSPS) is 11.7. The van der Waals surface area contributed by atoms with Gasteiger partial charge in [0.05, 0.1) is 22.3 Å². The Labute approximate surface area is 145 Å². The van der Waals surface area contributed by atoms with E-state index in [-0.39, 0.29) is 16.6 Å². The van der Waals surface area contributed by atoms with Crippen molar-refractivity contribution in [1.29, 1.82) is 5.26 Å². The maximum absolute atomic E-state index is 12.6. The van der Waals surface area contributed by atoms with Crippen LogP contribution in [0.4, 0.5) is 0 Å². The number of hydrogen-bond acceptors (Lipinski definition) is 4. The van der Waals surface area contributed by atoms with E-state index in [0.29, 0.717) is 33.8 Å². The van der Waals surface area contributed by atoms with E-state index in [1.54, 1.807) is 32.9 Å². The minimum atomic E-state index is -0.799. The van der Waals surface area contributed by atoms with E-state index in [9.17, 15) is 9.59 Å². The Hall–Kier alpha value is -2.58. The number of nitrogens with zero attached hydrogens (tertiary/aromatic N) is 1. The lowest BCUT2D eigenvalue weighted by Crippen LogP contribution is -2.25. The van der Waals surface area contributed by atoms with Gasteiger partial charge in [0.15, 0.2) is 11.9 Å². The average molecular weight is 345 g/mol. The summed E-state index contributed by atoms with van der Waals surface area (Å²) in [4.78, 5) is 27.3. The van der Waals surface area contributed by atoms with Gasteiger partial charge in [-0.05, 0) is 51.5 Å². The van der Waals surface area contributed by atoms with Crippen molar-refractivity contribution in [2.24, 2.45) is 0 Å². The number of nitrogens with one attached hydrogen (secondary N) is 1. The molecule has 1 heterocycles. The number of rotatable bonds is 5. The third-order valence-corrected chi connectivity index (χ3v) is 4.07. The number of nitriles is 1. The predicted octanol–water partition coefficient (Wildman–Crippen LogP) is 4.01. The molecule has 24 heavy (non-hydrogen) atoms. The fourth-order valence-electron chi connectivity index (χ4n) is 2.64. The molecule has 0 spiro atoms. The van der Waals surface area contributed by atoms with Gasteiger partial charge < -0.3 is 9.72 Å². The van der Waals surface area contributed by atoms with Crippen molar-refractivity contribution in [3.05, 3.63) is 51.3 Å². The third kappa shape index (κ3) is 3.34. The highest BCUT2D eigenvalue weighted by atomic mass is 35.5. The predicted molar refractivity (Wildman–Crippen MR) is 90.9 cm³/mol. The van der Waals surface area contributed by atoms with Crippen molar-refractivity contribution >= 4 is 23.2 Å². The molecule has 5 nitrogen and oxygen atoms in total. The van der Waals surface area contributed by atoms with Gasteiger partial charge in [0.25, 0.3) is 0 Å². The van der Waals surface area contributed by atoms with Crippen LogP contribution < -0.4 is 4.74 Å². The second-order valence-electron chi connectivity index (χ2n) is 5.56. The molecule has 6 heteroatoms. The Balaban J connectivity index is 2.27. The van der Waals surface area contributed by atoms with Crippen LogP contribution in [0.3, 0.4) is 0 Å². The van der Waals surface area contributed by atoms with Gasteiger partial charge in [-0.15, -0.1) is 0 Å². The second kappa shape index (κ2) is 6.90. The van der Waals surface area contributed by atoms with Crippen molar-refractivity contribution in [2.75, 3.05) is 0 Å². The molecule has 0 fully saturated rings. The van der Waals surface area contributed by atoms with Crippen LogP contribution in [-0.4, -0.2) is 22.7 Å². The Kier molecular flexibility index (Phi) is 5.10. The van der Waals surface area contributed by atoms with E-state index in [1.165, 1.54) is 13.0 Å². The van der Waals surface area contributed by atoms with Gasteiger partial charge in [-0.3, -0.25) is 9.59 Å². The lowest BCUT2D eigenvalue weighted by Gasteiger charge is -2.14. The first-order chi connectivity index (χ1) is 11.3. The quantitative estimate of drug-likeness (QED) is 0.831. The average Bonchev–Trinajstić information content (AvgIpc) is 2.83. The van der Waals surface area contributed by atoms with E-state index in [2.05, 4.69) is 4.98 Å². The zero-order valence-electron chi connectivity index (χ0n) is 13.9. The molecule has 0 unspecified atom stereocenters. The van der Waals surface area contributed by atoms with E-state index in [1.807, 2.05) is 6.07 Å². The molecule has 0 amide bonds. The molecule has 1 aromatic carbocycles. The first kappa shape index (κ1) is 17.8. The number of H-pyrrole nitrogens is 1. The minimum Gasteiger partial charge on any atom is -0.481 e. The zero-order chi connectivity index (χ0) is 18.0. The van der Waals surface area contributed by atoms with Crippen molar-refractivity contribution < 1.29 is 14.3 Å². The van der Waals surface area contributed by atoms with E-state index in [0.717, 1.165) is 0 Å². The minimum absolute atomic E-state index is 0.0935. The van der Waals surface area contributed by atoms with Crippen LogP contribution in [0.25, 0.3) is 0 Å². The maximum Gasteiger partial charge on any atom is 0.219 e. The first-order valence-corrected chi connectivity index (χ1v) is 7.74. The summed E-state index contributed by atoms with van der Waals surface area (Å²) >= 11 is 6.07. The van der Waals surface area contributed by atoms with Crippen LogP contribution in [0, 0.1) is 25.2 Å². The summed E-state index contributed by atoms with van der Waals surface area (Å²) in [5.41, 5.74) is 2.57. The highest BCUT2D eigenvalue weighted by Crippen LogP contribution is 2.27. The molecule has 0 saturated heterocycles.